The van der Waals surface area contributed by atoms with Crippen molar-refractivity contribution in [3.05, 3.63) is 41.7 Å². The smallest absolute Gasteiger partial charge is 0.119 e. The summed E-state index contributed by atoms with van der Waals surface area (Å²) in [6.07, 6.45) is 2.22. The van der Waals surface area contributed by atoms with Gasteiger partial charge in [0.15, 0.2) is 0 Å². The molecule has 0 aliphatic rings. The normalized spacial score (nSPS) is 12.9. The van der Waals surface area contributed by atoms with Crippen molar-refractivity contribution in [1.82, 2.24) is 9.78 Å². The van der Waals surface area contributed by atoms with Crippen LogP contribution in [0, 0.1) is 5.92 Å². The van der Waals surface area contributed by atoms with E-state index in [1.165, 1.54) is 0 Å². The van der Waals surface area contributed by atoms with Crippen LogP contribution >= 0.6 is 0 Å². The molecule has 0 saturated heterocycles. The number of benzene rings is 1. The summed E-state index contributed by atoms with van der Waals surface area (Å²) in [6.45, 7) is 8.44. The van der Waals surface area contributed by atoms with Crippen LogP contribution < -0.4 is 4.74 Å². The lowest BCUT2D eigenvalue weighted by molar-refractivity contribution is 0.150. The number of rotatable bonds is 6. The number of aromatic nitrogens is 2. The van der Waals surface area contributed by atoms with Crippen LogP contribution in [0.5, 0.6) is 5.75 Å². The predicted molar refractivity (Wildman–Crippen MR) is 88.6 cm³/mol. The Labute approximate surface area is 132 Å². The Hall–Kier alpha value is -1.81. The molecule has 0 radical (unpaired) electrons. The van der Waals surface area contributed by atoms with Crippen LogP contribution in [0.4, 0.5) is 0 Å². The predicted octanol–water partition coefficient (Wildman–Crippen LogP) is 4.08. The molecule has 0 amide bonds. The summed E-state index contributed by atoms with van der Waals surface area (Å²) in [5.74, 6) is 1.54. The van der Waals surface area contributed by atoms with E-state index in [0.29, 0.717) is 5.92 Å². The molecule has 4 heteroatoms. The highest BCUT2D eigenvalue weighted by molar-refractivity contribution is 5.38. The van der Waals surface area contributed by atoms with E-state index in [2.05, 4.69) is 32.8 Å². The molecule has 1 heterocycles. The van der Waals surface area contributed by atoms with Crippen molar-refractivity contribution < 1.29 is 9.84 Å². The van der Waals surface area contributed by atoms with Gasteiger partial charge in [-0.15, -0.1) is 0 Å². The van der Waals surface area contributed by atoms with Gasteiger partial charge in [-0.25, -0.2) is 4.68 Å². The van der Waals surface area contributed by atoms with E-state index in [-0.39, 0.29) is 5.92 Å². The van der Waals surface area contributed by atoms with E-state index in [4.69, 9.17) is 4.74 Å². The van der Waals surface area contributed by atoms with Crippen LogP contribution in [-0.4, -0.2) is 22.0 Å². The number of ether oxygens (including phenoxy) is 1. The van der Waals surface area contributed by atoms with Crippen molar-refractivity contribution in [2.75, 3.05) is 7.11 Å². The van der Waals surface area contributed by atoms with Crippen molar-refractivity contribution in [2.45, 2.75) is 46.1 Å². The van der Waals surface area contributed by atoms with E-state index >= 15 is 0 Å². The molecule has 0 saturated carbocycles. The number of methoxy groups -OCH3 is 1. The van der Waals surface area contributed by atoms with Gasteiger partial charge in [0, 0.05) is 11.8 Å². The Morgan fingerprint density at radius 3 is 2.27 bits per heavy atom. The second kappa shape index (κ2) is 6.97. The summed E-state index contributed by atoms with van der Waals surface area (Å²) in [5.41, 5.74) is 2.86. The molecule has 4 nitrogen and oxygen atoms in total. The zero-order valence-electron chi connectivity index (χ0n) is 14.1. The lowest BCUT2D eigenvalue weighted by Crippen LogP contribution is -2.04. The van der Waals surface area contributed by atoms with Gasteiger partial charge in [0.25, 0.3) is 0 Å². The van der Waals surface area contributed by atoms with Gasteiger partial charge >= 0.3 is 0 Å². The van der Waals surface area contributed by atoms with Crippen LogP contribution in [0.2, 0.25) is 0 Å². The van der Waals surface area contributed by atoms with Gasteiger partial charge in [-0.1, -0.05) is 27.7 Å². The number of hydrogen-bond acceptors (Lipinski definition) is 3. The Morgan fingerprint density at radius 1 is 1.14 bits per heavy atom. The highest BCUT2D eigenvalue weighted by Crippen LogP contribution is 2.29. The zero-order chi connectivity index (χ0) is 16.3. The van der Waals surface area contributed by atoms with Gasteiger partial charge in [-0.2, -0.15) is 5.10 Å². The molecule has 1 aromatic heterocycles. The maximum Gasteiger partial charge on any atom is 0.119 e. The second-order valence-corrected chi connectivity index (χ2v) is 6.41. The molecule has 120 valence electrons. The minimum Gasteiger partial charge on any atom is -0.497 e. The molecule has 1 atom stereocenters. The monoisotopic (exact) mass is 302 g/mol. The highest BCUT2D eigenvalue weighted by Gasteiger charge is 2.20. The van der Waals surface area contributed by atoms with E-state index < -0.39 is 6.10 Å². The van der Waals surface area contributed by atoms with Gasteiger partial charge in [0.05, 0.1) is 24.6 Å². The van der Waals surface area contributed by atoms with Gasteiger partial charge in [0.1, 0.15) is 5.75 Å². The van der Waals surface area contributed by atoms with E-state index in [9.17, 15) is 5.11 Å². The maximum atomic E-state index is 10.5. The molecule has 0 fully saturated rings. The molecule has 0 bridgehead atoms. The molecule has 2 aromatic rings. The Kier molecular flexibility index (Phi) is 5.24. The summed E-state index contributed by atoms with van der Waals surface area (Å²) in [7, 11) is 1.65. The molecule has 0 aliphatic carbocycles. The van der Waals surface area contributed by atoms with Crippen molar-refractivity contribution in [1.29, 1.82) is 0 Å². The molecule has 2 rings (SSSR count). The Morgan fingerprint density at radius 2 is 1.77 bits per heavy atom. The van der Waals surface area contributed by atoms with Crippen LogP contribution in [0.15, 0.2) is 30.5 Å². The molecular weight excluding hydrogens is 276 g/mol. The molecule has 0 aliphatic heterocycles. The van der Waals surface area contributed by atoms with Crippen LogP contribution in [-0.2, 0) is 0 Å². The fraction of sp³-hybridized carbons (Fsp3) is 0.500. The minimum absolute atomic E-state index is 0.274. The quantitative estimate of drug-likeness (QED) is 0.874. The standard InChI is InChI=1S/C18H26N2O2/c1-12(2)10-17(21)16-11-20(19-18(16)13(3)4)14-6-8-15(22-5)9-7-14/h6-9,11-13,17,21H,10H2,1-5H3. The van der Waals surface area contributed by atoms with Gasteiger partial charge < -0.3 is 9.84 Å². The Balaban J connectivity index is 2.36. The fourth-order valence-electron chi connectivity index (χ4n) is 2.55. The molecule has 1 aromatic carbocycles. The highest BCUT2D eigenvalue weighted by atomic mass is 16.5. The van der Waals surface area contributed by atoms with E-state index in [0.717, 1.165) is 29.1 Å². The summed E-state index contributed by atoms with van der Waals surface area (Å²) in [4.78, 5) is 0. The lowest BCUT2D eigenvalue weighted by Gasteiger charge is -2.14. The van der Waals surface area contributed by atoms with Crippen molar-refractivity contribution in [2.24, 2.45) is 5.92 Å². The van der Waals surface area contributed by atoms with Crippen molar-refractivity contribution in [3.8, 4) is 11.4 Å². The summed E-state index contributed by atoms with van der Waals surface area (Å²) in [5, 5.41) is 15.2. The fourth-order valence-corrected chi connectivity index (χ4v) is 2.55. The molecule has 22 heavy (non-hydrogen) atoms. The summed E-state index contributed by atoms with van der Waals surface area (Å²) in [6, 6.07) is 7.76. The zero-order valence-corrected chi connectivity index (χ0v) is 14.1. The third-order valence-corrected chi connectivity index (χ3v) is 3.71. The average Bonchev–Trinajstić information content (AvgIpc) is 2.92. The molecule has 0 spiro atoms. The maximum absolute atomic E-state index is 10.5. The number of hydrogen-bond donors (Lipinski definition) is 1. The first kappa shape index (κ1) is 16.6. The SMILES string of the molecule is COc1ccc(-n2cc(C(O)CC(C)C)c(C(C)C)n2)cc1. The van der Waals surface area contributed by atoms with Gasteiger partial charge in [-0.05, 0) is 42.5 Å². The minimum atomic E-state index is -0.468. The average molecular weight is 302 g/mol. The number of aliphatic hydroxyl groups excluding tert-OH is 1. The molecular formula is C18H26N2O2. The Bertz CT molecular complexity index is 600. The first-order chi connectivity index (χ1) is 10.4. The van der Waals surface area contributed by atoms with Gasteiger partial charge in [-0.3, -0.25) is 0 Å². The number of nitrogens with zero attached hydrogens (tertiary/aromatic N) is 2. The van der Waals surface area contributed by atoms with Crippen LogP contribution in [0.1, 0.15) is 57.4 Å². The van der Waals surface area contributed by atoms with E-state index in [1.54, 1.807) is 7.11 Å². The second-order valence-electron chi connectivity index (χ2n) is 6.41. The van der Waals surface area contributed by atoms with Crippen molar-refractivity contribution in [3.63, 3.8) is 0 Å². The van der Waals surface area contributed by atoms with Crippen LogP contribution in [0.25, 0.3) is 5.69 Å². The first-order valence-electron chi connectivity index (χ1n) is 7.84. The number of aliphatic hydroxyl groups is 1. The lowest BCUT2D eigenvalue weighted by atomic mass is 9.96. The summed E-state index contributed by atoms with van der Waals surface area (Å²) < 4.78 is 7.03. The van der Waals surface area contributed by atoms with Crippen LogP contribution in [0.3, 0.4) is 0 Å². The topological polar surface area (TPSA) is 47.3 Å². The molecule has 1 N–H and O–H groups in total. The summed E-state index contributed by atoms with van der Waals surface area (Å²) >= 11 is 0. The molecule has 1 unspecified atom stereocenters. The third kappa shape index (κ3) is 3.69. The first-order valence-corrected chi connectivity index (χ1v) is 7.84. The van der Waals surface area contributed by atoms with E-state index in [1.807, 2.05) is 35.1 Å². The van der Waals surface area contributed by atoms with Gasteiger partial charge in [0.2, 0.25) is 0 Å². The largest absolute Gasteiger partial charge is 0.497 e. The third-order valence-electron chi connectivity index (χ3n) is 3.71. The van der Waals surface area contributed by atoms with Crippen molar-refractivity contribution >= 4 is 0 Å².